The predicted octanol–water partition coefficient (Wildman–Crippen LogP) is 3.29. The average molecular weight is 352 g/mol. The number of nitrogens with zero attached hydrogens (tertiary/aromatic N) is 1. The molecule has 0 spiro atoms. The van der Waals surface area contributed by atoms with Gasteiger partial charge in [0, 0.05) is 24.5 Å². The minimum atomic E-state index is -0.463. The van der Waals surface area contributed by atoms with E-state index in [4.69, 9.17) is 9.47 Å². The molecule has 0 aliphatic rings. The number of benzene rings is 2. The normalized spacial score (nSPS) is 10.6. The molecule has 0 aliphatic heterocycles. The van der Waals surface area contributed by atoms with E-state index in [1.165, 1.54) is 0 Å². The molecule has 26 heavy (non-hydrogen) atoms. The van der Waals surface area contributed by atoms with E-state index in [9.17, 15) is 9.59 Å². The van der Waals surface area contributed by atoms with Crippen LogP contribution in [0.4, 0.5) is 5.69 Å². The third-order valence-electron chi connectivity index (χ3n) is 4.20. The Kier molecular flexibility index (Phi) is 4.93. The van der Waals surface area contributed by atoms with Crippen molar-refractivity contribution in [2.24, 2.45) is 0 Å². The molecule has 1 aromatic heterocycles. The maximum atomic E-state index is 12.9. The zero-order valence-corrected chi connectivity index (χ0v) is 14.9. The SMILES string of the molecule is CCn1cc(C(=O)Nc2cccc(OC)c2)c(=O)c2cc(OC)ccc21. The van der Waals surface area contributed by atoms with Crippen molar-refractivity contribution in [2.45, 2.75) is 13.5 Å². The van der Waals surface area contributed by atoms with Gasteiger partial charge in [-0.1, -0.05) is 6.07 Å². The van der Waals surface area contributed by atoms with Gasteiger partial charge in [-0.25, -0.2) is 0 Å². The third kappa shape index (κ3) is 3.26. The summed E-state index contributed by atoms with van der Waals surface area (Å²) in [4.78, 5) is 25.6. The third-order valence-corrected chi connectivity index (χ3v) is 4.20. The Morgan fingerprint density at radius 1 is 1.08 bits per heavy atom. The monoisotopic (exact) mass is 352 g/mol. The van der Waals surface area contributed by atoms with Gasteiger partial charge in [0.1, 0.15) is 17.1 Å². The van der Waals surface area contributed by atoms with Crippen LogP contribution >= 0.6 is 0 Å². The molecule has 1 amide bonds. The number of aromatic nitrogens is 1. The quantitative estimate of drug-likeness (QED) is 0.765. The van der Waals surface area contributed by atoms with Crippen molar-refractivity contribution in [3.8, 4) is 11.5 Å². The molecule has 0 radical (unpaired) electrons. The van der Waals surface area contributed by atoms with Gasteiger partial charge in [0.2, 0.25) is 5.43 Å². The number of nitrogens with one attached hydrogen (secondary N) is 1. The molecule has 0 fully saturated rings. The first-order valence-corrected chi connectivity index (χ1v) is 8.24. The van der Waals surface area contributed by atoms with Crippen LogP contribution in [0.25, 0.3) is 10.9 Å². The largest absolute Gasteiger partial charge is 0.497 e. The fraction of sp³-hybridized carbons (Fsp3) is 0.200. The number of hydrogen-bond donors (Lipinski definition) is 1. The van der Waals surface area contributed by atoms with Crippen molar-refractivity contribution in [2.75, 3.05) is 19.5 Å². The maximum Gasteiger partial charge on any atom is 0.261 e. The highest BCUT2D eigenvalue weighted by Gasteiger charge is 2.16. The summed E-state index contributed by atoms with van der Waals surface area (Å²) in [6.45, 7) is 2.58. The highest BCUT2D eigenvalue weighted by Crippen LogP contribution is 2.20. The Hall–Kier alpha value is -3.28. The van der Waals surface area contributed by atoms with Crippen molar-refractivity contribution in [3.05, 3.63) is 64.4 Å². The Morgan fingerprint density at radius 2 is 1.81 bits per heavy atom. The zero-order valence-electron chi connectivity index (χ0n) is 14.9. The Morgan fingerprint density at radius 3 is 2.50 bits per heavy atom. The second-order valence-electron chi connectivity index (χ2n) is 5.73. The molecular formula is C20H20N2O4. The molecule has 6 heteroatoms. The van der Waals surface area contributed by atoms with E-state index in [1.807, 2.05) is 17.6 Å². The molecule has 1 heterocycles. The zero-order chi connectivity index (χ0) is 18.7. The Labute approximate surface area is 151 Å². The molecule has 134 valence electrons. The van der Waals surface area contributed by atoms with Crippen LogP contribution in [0.3, 0.4) is 0 Å². The first kappa shape index (κ1) is 17.5. The fourth-order valence-electron chi connectivity index (χ4n) is 2.83. The number of anilines is 1. The van der Waals surface area contributed by atoms with Crippen molar-refractivity contribution in [3.63, 3.8) is 0 Å². The molecule has 0 aliphatic carbocycles. The van der Waals surface area contributed by atoms with E-state index in [0.29, 0.717) is 29.1 Å². The minimum absolute atomic E-state index is 0.0791. The van der Waals surface area contributed by atoms with Crippen LogP contribution in [0.15, 0.2) is 53.5 Å². The molecule has 0 saturated carbocycles. The molecule has 6 nitrogen and oxygen atoms in total. The number of hydrogen-bond acceptors (Lipinski definition) is 4. The molecule has 3 rings (SSSR count). The van der Waals surface area contributed by atoms with Gasteiger partial charge in [0.15, 0.2) is 0 Å². The number of methoxy groups -OCH3 is 2. The van der Waals surface area contributed by atoms with Crippen LogP contribution in [0.2, 0.25) is 0 Å². The molecule has 3 aromatic rings. The first-order valence-electron chi connectivity index (χ1n) is 8.24. The second kappa shape index (κ2) is 7.31. The van der Waals surface area contributed by atoms with E-state index in [2.05, 4.69) is 5.32 Å². The Bertz CT molecular complexity index is 1020. The number of rotatable bonds is 5. The summed E-state index contributed by atoms with van der Waals surface area (Å²) in [5.74, 6) is 0.731. The van der Waals surface area contributed by atoms with Crippen LogP contribution in [0.1, 0.15) is 17.3 Å². The van der Waals surface area contributed by atoms with E-state index in [0.717, 1.165) is 5.52 Å². The van der Waals surface area contributed by atoms with E-state index < -0.39 is 5.91 Å². The van der Waals surface area contributed by atoms with Gasteiger partial charge >= 0.3 is 0 Å². The lowest BCUT2D eigenvalue weighted by molar-refractivity contribution is 0.102. The molecule has 1 N–H and O–H groups in total. The molecular weight excluding hydrogens is 332 g/mol. The van der Waals surface area contributed by atoms with Crippen molar-refractivity contribution < 1.29 is 14.3 Å². The molecule has 0 atom stereocenters. The summed E-state index contributed by atoms with van der Waals surface area (Å²) < 4.78 is 12.2. The van der Waals surface area contributed by atoms with Gasteiger partial charge in [0.25, 0.3) is 5.91 Å². The molecule has 2 aromatic carbocycles. The number of ether oxygens (including phenoxy) is 2. The lowest BCUT2D eigenvalue weighted by atomic mass is 10.1. The van der Waals surface area contributed by atoms with Crippen molar-refractivity contribution >= 4 is 22.5 Å². The van der Waals surface area contributed by atoms with Crippen LogP contribution < -0.4 is 20.2 Å². The summed E-state index contributed by atoms with van der Waals surface area (Å²) in [5, 5.41) is 3.20. The lowest BCUT2D eigenvalue weighted by Crippen LogP contribution is -2.24. The summed E-state index contributed by atoms with van der Waals surface area (Å²) in [7, 11) is 3.09. The molecule has 0 unspecified atom stereocenters. The van der Waals surface area contributed by atoms with E-state index >= 15 is 0 Å². The van der Waals surface area contributed by atoms with Gasteiger partial charge in [-0.05, 0) is 37.3 Å². The van der Waals surface area contributed by atoms with Crippen LogP contribution in [-0.2, 0) is 6.54 Å². The smallest absolute Gasteiger partial charge is 0.261 e. The summed E-state index contributed by atoms with van der Waals surface area (Å²) >= 11 is 0. The number of fused-ring (bicyclic) bond motifs is 1. The number of amides is 1. The van der Waals surface area contributed by atoms with Gasteiger partial charge < -0.3 is 19.4 Å². The fourth-order valence-corrected chi connectivity index (χ4v) is 2.83. The van der Waals surface area contributed by atoms with E-state index in [-0.39, 0.29) is 11.0 Å². The van der Waals surface area contributed by atoms with Gasteiger partial charge in [-0.15, -0.1) is 0 Å². The predicted molar refractivity (Wildman–Crippen MR) is 101 cm³/mol. The summed E-state index contributed by atoms with van der Waals surface area (Å²) in [5.41, 5.74) is 1.07. The van der Waals surface area contributed by atoms with Gasteiger partial charge in [-0.2, -0.15) is 0 Å². The summed E-state index contributed by atoms with van der Waals surface area (Å²) in [6.07, 6.45) is 1.59. The van der Waals surface area contributed by atoms with Crippen LogP contribution in [0.5, 0.6) is 11.5 Å². The number of carbonyl (C=O) groups excluding carboxylic acids is 1. The highest BCUT2D eigenvalue weighted by atomic mass is 16.5. The van der Waals surface area contributed by atoms with Crippen LogP contribution in [-0.4, -0.2) is 24.7 Å². The van der Waals surface area contributed by atoms with Crippen molar-refractivity contribution in [1.29, 1.82) is 0 Å². The standard InChI is InChI=1S/C20H20N2O4/c1-4-22-12-17(19(23)16-11-15(26-3)8-9-18(16)22)20(24)21-13-6-5-7-14(10-13)25-2/h5-12H,4H2,1-3H3,(H,21,24). The first-order chi connectivity index (χ1) is 12.6. The van der Waals surface area contributed by atoms with E-state index in [1.54, 1.807) is 56.8 Å². The average Bonchev–Trinajstić information content (AvgIpc) is 2.68. The van der Waals surface area contributed by atoms with Gasteiger partial charge in [0.05, 0.1) is 25.1 Å². The maximum absolute atomic E-state index is 12.9. The van der Waals surface area contributed by atoms with Gasteiger partial charge in [-0.3, -0.25) is 9.59 Å². The minimum Gasteiger partial charge on any atom is -0.497 e. The number of carbonyl (C=O) groups is 1. The highest BCUT2D eigenvalue weighted by molar-refractivity contribution is 6.05. The lowest BCUT2D eigenvalue weighted by Gasteiger charge is -2.13. The Balaban J connectivity index is 2.07. The molecule has 0 saturated heterocycles. The summed E-state index contributed by atoms with van der Waals surface area (Å²) in [6, 6.07) is 12.3. The molecule has 0 bridgehead atoms. The number of pyridine rings is 1. The van der Waals surface area contributed by atoms with Crippen LogP contribution in [0, 0.1) is 0 Å². The number of aryl methyl sites for hydroxylation is 1. The topological polar surface area (TPSA) is 69.6 Å². The van der Waals surface area contributed by atoms with Crippen molar-refractivity contribution in [1.82, 2.24) is 4.57 Å². The second-order valence-corrected chi connectivity index (χ2v) is 5.73.